The number of benzene rings is 1. The normalized spacial score (nSPS) is 15.5. The second-order valence-electron chi connectivity index (χ2n) is 4.90. The van der Waals surface area contributed by atoms with E-state index in [1.807, 2.05) is 0 Å². The van der Waals surface area contributed by atoms with Crippen molar-refractivity contribution >= 4 is 11.9 Å². The van der Waals surface area contributed by atoms with E-state index in [0.717, 1.165) is 18.4 Å². The summed E-state index contributed by atoms with van der Waals surface area (Å²) in [5.74, 6) is -0.736. The summed E-state index contributed by atoms with van der Waals surface area (Å²) < 4.78 is 17.7. The predicted molar refractivity (Wildman–Crippen MR) is 71.6 cm³/mol. The standard InChI is InChI=1S/C15H18FNO3/c1-2-20-13(18)7-10-17-14(19)15(8-9-15)11-3-5-12(16)6-4-11/h3-6H,2,7-10H2,1H3,(H,17,19). The van der Waals surface area contributed by atoms with E-state index >= 15 is 0 Å². The molecule has 1 aliphatic carbocycles. The molecule has 1 aromatic rings. The highest BCUT2D eigenvalue weighted by Gasteiger charge is 2.51. The molecule has 1 fully saturated rings. The van der Waals surface area contributed by atoms with Gasteiger partial charge in [0.05, 0.1) is 18.4 Å². The molecule has 0 saturated heterocycles. The number of ether oxygens (including phenoxy) is 1. The highest BCUT2D eigenvalue weighted by molar-refractivity contribution is 5.91. The first-order chi connectivity index (χ1) is 9.58. The maximum atomic E-state index is 12.9. The van der Waals surface area contributed by atoms with Crippen LogP contribution in [0.25, 0.3) is 0 Å². The van der Waals surface area contributed by atoms with Gasteiger partial charge in [0.25, 0.3) is 0 Å². The van der Waals surface area contributed by atoms with Gasteiger partial charge in [0.15, 0.2) is 0 Å². The third kappa shape index (κ3) is 3.15. The summed E-state index contributed by atoms with van der Waals surface area (Å²) in [5, 5.41) is 2.75. The first-order valence-electron chi connectivity index (χ1n) is 6.78. The predicted octanol–water partition coefficient (Wildman–Crippen LogP) is 1.93. The number of hydrogen-bond acceptors (Lipinski definition) is 3. The van der Waals surface area contributed by atoms with Crippen molar-refractivity contribution in [3.05, 3.63) is 35.6 Å². The number of amides is 1. The average molecular weight is 279 g/mol. The molecule has 1 amide bonds. The Morgan fingerprint density at radius 1 is 1.30 bits per heavy atom. The number of rotatable bonds is 6. The first kappa shape index (κ1) is 14.5. The van der Waals surface area contributed by atoms with Crippen LogP contribution >= 0.6 is 0 Å². The van der Waals surface area contributed by atoms with E-state index in [4.69, 9.17) is 4.74 Å². The van der Waals surface area contributed by atoms with Crippen LogP contribution in [0.3, 0.4) is 0 Å². The Hall–Kier alpha value is -1.91. The third-order valence-corrected chi connectivity index (χ3v) is 3.50. The SMILES string of the molecule is CCOC(=O)CCNC(=O)C1(c2ccc(F)cc2)CC1. The van der Waals surface area contributed by atoms with Crippen LogP contribution in [0, 0.1) is 5.82 Å². The fourth-order valence-corrected chi connectivity index (χ4v) is 2.22. The monoisotopic (exact) mass is 279 g/mol. The van der Waals surface area contributed by atoms with Crippen LogP contribution in [0.1, 0.15) is 31.7 Å². The number of halogens is 1. The molecule has 1 N–H and O–H groups in total. The Balaban J connectivity index is 1.89. The lowest BCUT2D eigenvalue weighted by Crippen LogP contribution is -2.36. The Bertz CT molecular complexity index is 494. The fraction of sp³-hybridized carbons (Fsp3) is 0.467. The van der Waals surface area contributed by atoms with Gasteiger partial charge in [-0.1, -0.05) is 12.1 Å². The maximum absolute atomic E-state index is 12.9. The van der Waals surface area contributed by atoms with Gasteiger partial charge in [0, 0.05) is 6.54 Å². The average Bonchev–Trinajstić information content (AvgIpc) is 3.21. The van der Waals surface area contributed by atoms with E-state index < -0.39 is 5.41 Å². The molecule has 0 heterocycles. The van der Waals surface area contributed by atoms with Crippen molar-refractivity contribution in [2.45, 2.75) is 31.6 Å². The molecule has 108 valence electrons. The minimum absolute atomic E-state index is 0.103. The van der Waals surface area contributed by atoms with E-state index in [-0.39, 0.29) is 30.7 Å². The highest BCUT2D eigenvalue weighted by atomic mass is 19.1. The zero-order chi connectivity index (χ0) is 14.6. The minimum atomic E-state index is -0.539. The number of esters is 1. The molecule has 1 aliphatic rings. The highest BCUT2D eigenvalue weighted by Crippen LogP contribution is 2.48. The van der Waals surface area contributed by atoms with E-state index in [2.05, 4.69) is 5.32 Å². The Labute approximate surface area is 117 Å². The second-order valence-corrected chi connectivity index (χ2v) is 4.90. The van der Waals surface area contributed by atoms with Crippen molar-refractivity contribution in [3.63, 3.8) is 0 Å². The number of carbonyl (C=O) groups is 2. The molecule has 20 heavy (non-hydrogen) atoms. The van der Waals surface area contributed by atoms with Gasteiger partial charge in [0.2, 0.25) is 5.91 Å². The van der Waals surface area contributed by atoms with Gasteiger partial charge >= 0.3 is 5.97 Å². The van der Waals surface area contributed by atoms with Crippen molar-refractivity contribution in [2.75, 3.05) is 13.2 Å². The molecule has 0 unspecified atom stereocenters. The summed E-state index contributed by atoms with van der Waals surface area (Å²) in [6.07, 6.45) is 1.67. The fourth-order valence-electron chi connectivity index (χ4n) is 2.22. The Morgan fingerprint density at radius 3 is 2.50 bits per heavy atom. The first-order valence-corrected chi connectivity index (χ1v) is 6.78. The van der Waals surface area contributed by atoms with E-state index in [0.29, 0.717) is 6.61 Å². The summed E-state index contributed by atoms with van der Waals surface area (Å²) in [6.45, 7) is 2.34. The smallest absolute Gasteiger partial charge is 0.307 e. The minimum Gasteiger partial charge on any atom is -0.466 e. The molecule has 0 aromatic heterocycles. The van der Waals surface area contributed by atoms with Gasteiger partial charge < -0.3 is 10.1 Å². The molecule has 5 heteroatoms. The van der Waals surface area contributed by atoms with E-state index in [1.54, 1.807) is 19.1 Å². The molecule has 1 saturated carbocycles. The van der Waals surface area contributed by atoms with Crippen LogP contribution in [0.4, 0.5) is 4.39 Å². The Morgan fingerprint density at radius 2 is 1.95 bits per heavy atom. The maximum Gasteiger partial charge on any atom is 0.307 e. The second kappa shape index (κ2) is 6.03. The van der Waals surface area contributed by atoms with Crippen molar-refractivity contribution in [2.24, 2.45) is 0 Å². The van der Waals surface area contributed by atoms with Gasteiger partial charge in [-0.15, -0.1) is 0 Å². The van der Waals surface area contributed by atoms with Crippen molar-refractivity contribution in [1.29, 1.82) is 0 Å². The molecule has 0 aliphatic heterocycles. The lowest BCUT2D eigenvalue weighted by Gasteiger charge is -2.15. The summed E-state index contributed by atoms with van der Waals surface area (Å²) >= 11 is 0. The lowest BCUT2D eigenvalue weighted by molar-refractivity contribution is -0.143. The van der Waals surface area contributed by atoms with Gasteiger partial charge in [-0.2, -0.15) is 0 Å². The summed E-state index contributed by atoms with van der Waals surface area (Å²) in [5.41, 5.74) is 0.287. The Kier molecular flexibility index (Phi) is 4.37. The molecule has 0 spiro atoms. The van der Waals surface area contributed by atoms with Crippen LogP contribution < -0.4 is 5.32 Å². The van der Waals surface area contributed by atoms with Crippen molar-refractivity contribution in [1.82, 2.24) is 5.32 Å². The van der Waals surface area contributed by atoms with Gasteiger partial charge in [-0.25, -0.2) is 4.39 Å². The van der Waals surface area contributed by atoms with E-state index in [9.17, 15) is 14.0 Å². The summed E-state index contributed by atoms with van der Waals surface area (Å²) in [7, 11) is 0. The van der Waals surface area contributed by atoms with Crippen LogP contribution in [-0.4, -0.2) is 25.0 Å². The van der Waals surface area contributed by atoms with Gasteiger partial charge in [-0.3, -0.25) is 9.59 Å². The molecule has 0 atom stereocenters. The van der Waals surface area contributed by atoms with Crippen LogP contribution in [0.5, 0.6) is 0 Å². The zero-order valence-electron chi connectivity index (χ0n) is 11.4. The lowest BCUT2D eigenvalue weighted by atomic mass is 9.95. The van der Waals surface area contributed by atoms with Crippen molar-refractivity contribution in [3.8, 4) is 0 Å². The zero-order valence-corrected chi connectivity index (χ0v) is 11.4. The summed E-state index contributed by atoms with van der Waals surface area (Å²) in [4.78, 5) is 23.4. The number of carbonyl (C=O) groups excluding carboxylic acids is 2. The van der Waals surface area contributed by atoms with Gasteiger partial charge in [0.1, 0.15) is 5.82 Å². The largest absolute Gasteiger partial charge is 0.466 e. The quantitative estimate of drug-likeness (QED) is 0.809. The summed E-state index contributed by atoms with van der Waals surface area (Å²) in [6, 6.07) is 6.02. The molecule has 0 bridgehead atoms. The van der Waals surface area contributed by atoms with Crippen molar-refractivity contribution < 1.29 is 18.7 Å². The van der Waals surface area contributed by atoms with E-state index in [1.165, 1.54) is 12.1 Å². The number of hydrogen-bond donors (Lipinski definition) is 1. The molecular weight excluding hydrogens is 261 g/mol. The third-order valence-electron chi connectivity index (χ3n) is 3.50. The van der Waals surface area contributed by atoms with Gasteiger partial charge in [-0.05, 0) is 37.5 Å². The molecule has 4 nitrogen and oxygen atoms in total. The number of nitrogens with one attached hydrogen (secondary N) is 1. The molecular formula is C15H18FNO3. The molecule has 1 aromatic carbocycles. The topological polar surface area (TPSA) is 55.4 Å². The van der Waals surface area contributed by atoms with Crippen LogP contribution in [0.2, 0.25) is 0 Å². The molecule has 2 rings (SSSR count). The molecule has 0 radical (unpaired) electrons. The van der Waals surface area contributed by atoms with Crippen LogP contribution in [0.15, 0.2) is 24.3 Å². The van der Waals surface area contributed by atoms with Crippen LogP contribution in [-0.2, 0) is 19.7 Å².